The zero-order valence-corrected chi connectivity index (χ0v) is 11.7. The number of benzene rings is 1. The molecule has 16 heavy (non-hydrogen) atoms. The SMILES string of the molecule is C=CCNS(=O)(=O)c1cc(C)c(C)cc1Br. The van der Waals surface area contributed by atoms with E-state index < -0.39 is 10.0 Å². The molecule has 1 N–H and O–H groups in total. The summed E-state index contributed by atoms with van der Waals surface area (Å²) in [6.07, 6.45) is 1.51. The first-order valence-electron chi connectivity index (χ1n) is 4.76. The Morgan fingerprint density at radius 3 is 2.50 bits per heavy atom. The maximum Gasteiger partial charge on any atom is 0.241 e. The fourth-order valence-corrected chi connectivity index (χ4v) is 3.44. The van der Waals surface area contributed by atoms with E-state index in [2.05, 4.69) is 27.2 Å². The highest BCUT2D eigenvalue weighted by Crippen LogP contribution is 2.25. The molecule has 0 aromatic heterocycles. The monoisotopic (exact) mass is 303 g/mol. The standard InChI is InChI=1S/C11H14BrNO2S/c1-4-5-13-16(14,15)11-7-9(3)8(2)6-10(11)12/h4,6-7,13H,1,5H2,2-3H3. The van der Waals surface area contributed by atoms with Crippen LogP contribution in [0.2, 0.25) is 0 Å². The van der Waals surface area contributed by atoms with Crippen molar-refractivity contribution in [3.63, 3.8) is 0 Å². The van der Waals surface area contributed by atoms with Crippen molar-refractivity contribution in [1.29, 1.82) is 0 Å². The van der Waals surface area contributed by atoms with Crippen LogP contribution in [0.3, 0.4) is 0 Å². The smallest absolute Gasteiger partial charge is 0.207 e. The highest BCUT2D eigenvalue weighted by Gasteiger charge is 2.17. The summed E-state index contributed by atoms with van der Waals surface area (Å²) in [4.78, 5) is 0.262. The van der Waals surface area contributed by atoms with Gasteiger partial charge in [0.15, 0.2) is 0 Å². The number of sulfonamides is 1. The Kier molecular flexibility index (Phi) is 4.29. The topological polar surface area (TPSA) is 46.2 Å². The number of hydrogen-bond acceptors (Lipinski definition) is 2. The molecule has 0 heterocycles. The van der Waals surface area contributed by atoms with Gasteiger partial charge < -0.3 is 0 Å². The van der Waals surface area contributed by atoms with Crippen molar-refractivity contribution in [1.82, 2.24) is 4.72 Å². The second kappa shape index (κ2) is 5.12. The van der Waals surface area contributed by atoms with Crippen molar-refractivity contribution >= 4 is 26.0 Å². The Morgan fingerprint density at radius 2 is 1.94 bits per heavy atom. The third-order valence-corrected chi connectivity index (χ3v) is 4.64. The number of rotatable bonds is 4. The summed E-state index contributed by atoms with van der Waals surface area (Å²) in [5.74, 6) is 0. The van der Waals surface area contributed by atoms with Gasteiger partial charge in [-0.25, -0.2) is 13.1 Å². The molecule has 0 aliphatic heterocycles. The van der Waals surface area contributed by atoms with Crippen LogP contribution in [-0.4, -0.2) is 15.0 Å². The summed E-state index contributed by atoms with van der Waals surface area (Å²) < 4.78 is 26.8. The molecule has 0 saturated carbocycles. The van der Waals surface area contributed by atoms with Gasteiger partial charge in [-0.15, -0.1) is 6.58 Å². The van der Waals surface area contributed by atoms with Gasteiger partial charge in [0, 0.05) is 11.0 Å². The molecule has 1 aromatic rings. The van der Waals surface area contributed by atoms with Crippen LogP contribution in [0.5, 0.6) is 0 Å². The molecule has 0 bridgehead atoms. The fraction of sp³-hybridized carbons (Fsp3) is 0.273. The highest BCUT2D eigenvalue weighted by atomic mass is 79.9. The van der Waals surface area contributed by atoms with Crippen LogP contribution >= 0.6 is 15.9 Å². The third-order valence-electron chi connectivity index (χ3n) is 2.26. The first kappa shape index (κ1) is 13.4. The minimum atomic E-state index is -3.46. The van der Waals surface area contributed by atoms with Crippen LogP contribution < -0.4 is 4.72 Å². The molecule has 88 valence electrons. The molecule has 0 amide bonds. The summed E-state index contributed by atoms with van der Waals surface area (Å²) in [6, 6.07) is 3.46. The minimum Gasteiger partial charge on any atom is -0.207 e. The van der Waals surface area contributed by atoms with Crippen molar-refractivity contribution < 1.29 is 8.42 Å². The minimum absolute atomic E-state index is 0.224. The van der Waals surface area contributed by atoms with E-state index in [9.17, 15) is 8.42 Å². The molecular formula is C11H14BrNO2S. The molecule has 0 unspecified atom stereocenters. The maximum atomic E-state index is 11.9. The maximum absolute atomic E-state index is 11.9. The van der Waals surface area contributed by atoms with Crippen LogP contribution in [-0.2, 0) is 10.0 Å². The Morgan fingerprint density at radius 1 is 1.38 bits per heavy atom. The normalized spacial score (nSPS) is 11.4. The average molecular weight is 304 g/mol. The summed E-state index contributed by atoms with van der Waals surface area (Å²) in [5, 5.41) is 0. The number of nitrogens with one attached hydrogen (secondary N) is 1. The molecule has 3 nitrogen and oxygen atoms in total. The van der Waals surface area contributed by atoms with Gasteiger partial charge in [-0.2, -0.15) is 0 Å². The zero-order chi connectivity index (χ0) is 12.3. The Bertz CT molecular complexity index is 509. The fourth-order valence-electron chi connectivity index (χ4n) is 1.21. The molecule has 0 saturated heterocycles. The van der Waals surface area contributed by atoms with E-state index in [1.807, 2.05) is 13.8 Å². The lowest BCUT2D eigenvalue weighted by Gasteiger charge is -2.09. The second-order valence-electron chi connectivity index (χ2n) is 3.51. The average Bonchev–Trinajstić information content (AvgIpc) is 2.20. The summed E-state index contributed by atoms with van der Waals surface area (Å²) in [5.41, 5.74) is 2.00. The van der Waals surface area contributed by atoms with Gasteiger partial charge in [-0.3, -0.25) is 0 Å². The van der Waals surface area contributed by atoms with Crippen LogP contribution in [0.4, 0.5) is 0 Å². The zero-order valence-electron chi connectivity index (χ0n) is 9.25. The van der Waals surface area contributed by atoms with Crippen LogP contribution in [0.15, 0.2) is 34.2 Å². The lowest BCUT2D eigenvalue weighted by Crippen LogP contribution is -2.24. The Balaban J connectivity index is 3.23. The molecule has 0 aliphatic rings. The molecule has 0 spiro atoms. The summed E-state index contributed by atoms with van der Waals surface area (Å²) in [7, 11) is -3.46. The van der Waals surface area contributed by atoms with Crippen molar-refractivity contribution in [2.45, 2.75) is 18.7 Å². The van der Waals surface area contributed by atoms with Gasteiger partial charge in [-0.05, 0) is 53.0 Å². The summed E-state index contributed by atoms with van der Waals surface area (Å²) in [6.45, 7) is 7.52. The van der Waals surface area contributed by atoms with E-state index in [0.717, 1.165) is 11.1 Å². The lowest BCUT2D eigenvalue weighted by molar-refractivity contribution is 0.585. The van der Waals surface area contributed by atoms with Crippen molar-refractivity contribution in [2.24, 2.45) is 0 Å². The van der Waals surface area contributed by atoms with Gasteiger partial charge in [0.1, 0.15) is 0 Å². The van der Waals surface area contributed by atoms with Gasteiger partial charge >= 0.3 is 0 Å². The summed E-state index contributed by atoms with van der Waals surface area (Å²) >= 11 is 3.26. The van der Waals surface area contributed by atoms with Gasteiger partial charge in [0.2, 0.25) is 10.0 Å². The quantitative estimate of drug-likeness (QED) is 0.869. The first-order chi connectivity index (χ1) is 7.38. The largest absolute Gasteiger partial charge is 0.241 e. The number of hydrogen-bond donors (Lipinski definition) is 1. The molecule has 0 aliphatic carbocycles. The van der Waals surface area contributed by atoms with Gasteiger partial charge in [0.25, 0.3) is 0 Å². The second-order valence-corrected chi connectivity index (χ2v) is 6.10. The molecule has 0 radical (unpaired) electrons. The molecular weight excluding hydrogens is 290 g/mol. The molecule has 0 atom stereocenters. The Labute approximate surface area is 105 Å². The Hall–Kier alpha value is -0.650. The van der Waals surface area contributed by atoms with E-state index in [1.54, 1.807) is 12.1 Å². The van der Waals surface area contributed by atoms with E-state index in [0.29, 0.717) is 4.47 Å². The predicted octanol–water partition coefficient (Wildman–Crippen LogP) is 2.53. The van der Waals surface area contributed by atoms with E-state index in [-0.39, 0.29) is 11.4 Å². The first-order valence-corrected chi connectivity index (χ1v) is 7.03. The van der Waals surface area contributed by atoms with E-state index in [4.69, 9.17) is 0 Å². The molecule has 1 rings (SSSR count). The van der Waals surface area contributed by atoms with Gasteiger partial charge in [0.05, 0.1) is 4.90 Å². The van der Waals surface area contributed by atoms with Crippen LogP contribution in [0, 0.1) is 13.8 Å². The predicted molar refractivity (Wildman–Crippen MR) is 69.0 cm³/mol. The molecule has 5 heteroatoms. The number of aryl methyl sites for hydroxylation is 2. The lowest BCUT2D eigenvalue weighted by atomic mass is 10.1. The van der Waals surface area contributed by atoms with Crippen molar-refractivity contribution in [2.75, 3.05) is 6.54 Å². The number of halogens is 1. The van der Waals surface area contributed by atoms with Crippen LogP contribution in [0.25, 0.3) is 0 Å². The van der Waals surface area contributed by atoms with Gasteiger partial charge in [-0.1, -0.05) is 6.08 Å². The highest BCUT2D eigenvalue weighted by molar-refractivity contribution is 9.10. The van der Waals surface area contributed by atoms with Crippen LogP contribution in [0.1, 0.15) is 11.1 Å². The van der Waals surface area contributed by atoms with E-state index >= 15 is 0 Å². The molecule has 1 aromatic carbocycles. The van der Waals surface area contributed by atoms with Crippen molar-refractivity contribution in [3.8, 4) is 0 Å². The van der Waals surface area contributed by atoms with Crippen molar-refractivity contribution in [3.05, 3.63) is 40.4 Å². The van der Waals surface area contributed by atoms with E-state index in [1.165, 1.54) is 6.08 Å². The molecule has 0 fully saturated rings. The third kappa shape index (κ3) is 2.93.